The minimum atomic E-state index is -1.01. The van der Waals surface area contributed by atoms with Crippen LogP contribution in [0.25, 0.3) is 22.2 Å². The largest absolute Gasteiger partial charge is 0.496 e. The SMILES string of the molecule is COc1cccc2c(N3CCOCC3)cc(C(=O)C3C(=O)c4cc(-c5nnn[nH]5)ccc4OC34CCNCC4)cc12. The van der Waals surface area contributed by atoms with Crippen LogP contribution >= 0.6 is 0 Å². The Morgan fingerprint density at radius 2 is 1.90 bits per heavy atom. The molecule has 3 aliphatic heterocycles. The maximum atomic E-state index is 14.6. The van der Waals surface area contributed by atoms with E-state index in [0.717, 1.165) is 16.5 Å². The summed E-state index contributed by atoms with van der Waals surface area (Å²) in [6.45, 7) is 3.93. The van der Waals surface area contributed by atoms with E-state index in [1.165, 1.54) is 0 Å². The monoisotopic (exact) mass is 554 g/mol. The number of benzene rings is 3. The standard InChI is InChI=1S/C30H30N6O5/c1-39-24-4-2-3-20-21(24)16-19(17-23(20)36-11-13-40-14-12-36)27(37)26-28(38)22-15-18(29-32-34-35-33-29)5-6-25(22)41-30(26)7-9-31-10-8-30/h2-6,15-17,26,31H,7-14H2,1H3,(H,32,33,34,35). The first kappa shape index (κ1) is 25.6. The first-order chi connectivity index (χ1) is 20.1. The summed E-state index contributed by atoms with van der Waals surface area (Å²) >= 11 is 0. The predicted octanol–water partition coefficient (Wildman–Crippen LogP) is 3.06. The number of nitrogens with zero attached hydrogens (tertiary/aromatic N) is 4. The van der Waals surface area contributed by atoms with Crippen molar-refractivity contribution in [2.75, 3.05) is 51.4 Å². The molecule has 4 heterocycles. The lowest BCUT2D eigenvalue weighted by molar-refractivity contribution is -0.0138. The zero-order valence-corrected chi connectivity index (χ0v) is 22.7. The van der Waals surface area contributed by atoms with Crippen LogP contribution in [0, 0.1) is 5.92 Å². The van der Waals surface area contributed by atoms with Crippen molar-refractivity contribution >= 4 is 28.0 Å². The summed E-state index contributed by atoms with van der Waals surface area (Å²) in [5.41, 5.74) is 1.44. The van der Waals surface area contributed by atoms with E-state index in [0.29, 0.717) is 86.2 Å². The number of tetrazole rings is 1. The molecule has 0 bridgehead atoms. The normalized spacial score (nSPS) is 20.1. The number of methoxy groups -OCH3 is 1. The smallest absolute Gasteiger partial charge is 0.181 e. The summed E-state index contributed by atoms with van der Waals surface area (Å²) in [7, 11) is 1.62. The van der Waals surface area contributed by atoms with Gasteiger partial charge in [-0.3, -0.25) is 9.59 Å². The molecule has 41 heavy (non-hydrogen) atoms. The molecule has 1 atom stereocenters. The molecule has 210 valence electrons. The van der Waals surface area contributed by atoms with Gasteiger partial charge in [-0.2, -0.15) is 0 Å². The summed E-state index contributed by atoms with van der Waals surface area (Å²) in [6, 6.07) is 14.9. The lowest BCUT2D eigenvalue weighted by Gasteiger charge is -2.45. The summed E-state index contributed by atoms with van der Waals surface area (Å²) in [6.07, 6.45) is 1.07. The maximum Gasteiger partial charge on any atom is 0.181 e. The van der Waals surface area contributed by atoms with Crippen molar-refractivity contribution in [2.24, 2.45) is 5.92 Å². The van der Waals surface area contributed by atoms with Crippen LogP contribution in [0.5, 0.6) is 11.5 Å². The molecule has 2 fully saturated rings. The number of ether oxygens (including phenoxy) is 3. The third-order valence-corrected chi connectivity index (χ3v) is 8.47. The number of hydrogen-bond acceptors (Lipinski definition) is 10. The molecule has 7 rings (SSSR count). The first-order valence-electron chi connectivity index (χ1n) is 13.9. The van der Waals surface area contributed by atoms with Crippen molar-refractivity contribution in [3.8, 4) is 22.9 Å². The summed E-state index contributed by atoms with van der Waals surface area (Å²) < 4.78 is 17.9. The molecule has 11 nitrogen and oxygen atoms in total. The molecule has 1 aromatic heterocycles. The number of rotatable bonds is 5. The predicted molar refractivity (Wildman–Crippen MR) is 151 cm³/mol. The molecular formula is C30H30N6O5. The summed E-state index contributed by atoms with van der Waals surface area (Å²) in [5, 5.41) is 19.2. The Kier molecular flexibility index (Phi) is 6.40. The van der Waals surface area contributed by atoms with Gasteiger partial charge in [0.2, 0.25) is 0 Å². The number of morpholine rings is 1. The van der Waals surface area contributed by atoms with Crippen LogP contribution in [0.15, 0.2) is 48.5 Å². The molecule has 3 aliphatic rings. The second-order valence-electron chi connectivity index (χ2n) is 10.7. The number of carbonyl (C=O) groups excluding carboxylic acids is 2. The number of anilines is 1. The number of hydrogen-bond donors (Lipinski definition) is 2. The quantitative estimate of drug-likeness (QED) is 0.280. The number of nitrogens with one attached hydrogen (secondary N) is 2. The molecule has 4 aromatic rings. The van der Waals surface area contributed by atoms with E-state index in [4.69, 9.17) is 14.2 Å². The maximum absolute atomic E-state index is 14.6. The highest BCUT2D eigenvalue weighted by atomic mass is 16.5. The van der Waals surface area contributed by atoms with Gasteiger partial charge in [0.1, 0.15) is 23.0 Å². The number of piperidine rings is 1. The molecule has 3 aromatic carbocycles. The van der Waals surface area contributed by atoms with E-state index in [2.05, 4.69) is 30.8 Å². The number of fused-ring (bicyclic) bond motifs is 2. The Bertz CT molecular complexity index is 1630. The van der Waals surface area contributed by atoms with Crippen LogP contribution in [0.4, 0.5) is 5.69 Å². The molecule has 0 aliphatic carbocycles. The fourth-order valence-electron chi connectivity index (χ4n) is 6.40. The van der Waals surface area contributed by atoms with Crippen molar-refractivity contribution in [3.05, 3.63) is 59.7 Å². The van der Waals surface area contributed by atoms with Gasteiger partial charge in [-0.1, -0.05) is 12.1 Å². The van der Waals surface area contributed by atoms with Gasteiger partial charge in [0.05, 0.1) is 25.9 Å². The van der Waals surface area contributed by atoms with Gasteiger partial charge < -0.3 is 24.4 Å². The molecule has 2 saturated heterocycles. The van der Waals surface area contributed by atoms with Gasteiger partial charge >= 0.3 is 0 Å². The van der Waals surface area contributed by atoms with Crippen molar-refractivity contribution in [2.45, 2.75) is 18.4 Å². The third-order valence-electron chi connectivity index (χ3n) is 8.47. The molecular weight excluding hydrogens is 524 g/mol. The van der Waals surface area contributed by atoms with Crippen LogP contribution < -0.4 is 19.7 Å². The summed E-state index contributed by atoms with van der Waals surface area (Å²) in [4.78, 5) is 31.2. The number of Topliss-reactive ketones (excluding diaryl/α,β-unsaturated/α-hetero) is 2. The van der Waals surface area contributed by atoms with Gasteiger partial charge in [0, 0.05) is 53.5 Å². The Hall–Kier alpha value is -4.35. The number of aromatic nitrogens is 4. The Labute approximate surface area is 236 Å². The van der Waals surface area contributed by atoms with Crippen LogP contribution in [-0.2, 0) is 4.74 Å². The molecule has 1 spiro atoms. The van der Waals surface area contributed by atoms with E-state index in [9.17, 15) is 9.59 Å². The van der Waals surface area contributed by atoms with Crippen molar-refractivity contribution in [1.82, 2.24) is 25.9 Å². The molecule has 1 unspecified atom stereocenters. The average molecular weight is 555 g/mol. The third kappa shape index (κ3) is 4.32. The average Bonchev–Trinajstić information content (AvgIpc) is 3.56. The molecule has 11 heteroatoms. The van der Waals surface area contributed by atoms with Crippen LogP contribution in [0.2, 0.25) is 0 Å². The van der Waals surface area contributed by atoms with E-state index in [1.54, 1.807) is 19.2 Å². The number of aromatic amines is 1. The van der Waals surface area contributed by atoms with Crippen LogP contribution in [0.3, 0.4) is 0 Å². The molecule has 2 N–H and O–H groups in total. The molecule has 0 amide bonds. The molecule has 0 saturated carbocycles. The van der Waals surface area contributed by atoms with Crippen LogP contribution in [0.1, 0.15) is 33.6 Å². The van der Waals surface area contributed by atoms with Crippen molar-refractivity contribution in [1.29, 1.82) is 0 Å². The van der Waals surface area contributed by atoms with E-state index < -0.39 is 11.5 Å². The first-order valence-corrected chi connectivity index (χ1v) is 13.9. The highest BCUT2D eigenvalue weighted by molar-refractivity contribution is 6.20. The minimum Gasteiger partial charge on any atom is -0.496 e. The zero-order valence-electron chi connectivity index (χ0n) is 22.7. The minimum absolute atomic E-state index is 0.250. The van der Waals surface area contributed by atoms with Gasteiger partial charge in [0.25, 0.3) is 0 Å². The number of H-pyrrole nitrogens is 1. The lowest BCUT2D eigenvalue weighted by atomic mass is 9.70. The fraction of sp³-hybridized carbons (Fsp3) is 0.367. The molecule has 0 radical (unpaired) electrons. The highest BCUT2D eigenvalue weighted by Crippen LogP contribution is 2.45. The zero-order chi connectivity index (χ0) is 28.0. The van der Waals surface area contributed by atoms with E-state index in [-0.39, 0.29) is 11.6 Å². The van der Waals surface area contributed by atoms with Gasteiger partial charge in [-0.25, -0.2) is 5.10 Å². The number of carbonyl (C=O) groups is 2. The van der Waals surface area contributed by atoms with Crippen molar-refractivity contribution < 1.29 is 23.8 Å². The van der Waals surface area contributed by atoms with Crippen LogP contribution in [-0.4, -0.2) is 84.3 Å². The van der Waals surface area contributed by atoms with Crippen molar-refractivity contribution in [3.63, 3.8) is 0 Å². The summed E-state index contributed by atoms with van der Waals surface area (Å²) in [5.74, 6) is 0.0703. The second-order valence-corrected chi connectivity index (χ2v) is 10.7. The van der Waals surface area contributed by atoms with Gasteiger partial charge in [0.15, 0.2) is 17.4 Å². The van der Waals surface area contributed by atoms with Gasteiger partial charge in [-0.05, 0) is 59.9 Å². The lowest BCUT2D eigenvalue weighted by Crippen LogP contribution is -2.58. The van der Waals surface area contributed by atoms with E-state index >= 15 is 0 Å². The Balaban J connectivity index is 1.37. The topological polar surface area (TPSA) is 132 Å². The van der Waals surface area contributed by atoms with E-state index in [1.807, 2.05) is 36.4 Å². The number of ketones is 2. The highest BCUT2D eigenvalue weighted by Gasteiger charge is 2.54. The Morgan fingerprint density at radius 3 is 2.66 bits per heavy atom. The second kappa shape index (κ2) is 10.2. The van der Waals surface area contributed by atoms with Gasteiger partial charge in [-0.15, -0.1) is 5.10 Å². The Morgan fingerprint density at radius 1 is 1.07 bits per heavy atom. The fourth-order valence-corrected chi connectivity index (χ4v) is 6.40.